The van der Waals surface area contributed by atoms with Crippen LogP contribution >= 0.6 is 0 Å². The van der Waals surface area contributed by atoms with E-state index in [1.807, 2.05) is 23.1 Å². The van der Waals surface area contributed by atoms with Gasteiger partial charge in [-0.1, -0.05) is 18.2 Å². The SMILES string of the molecule is O=C(c1ccccc1)N1CCN([C@@H]2CS(=O)(=O)C[C@H]2O)CC1. The molecule has 2 fully saturated rings. The Bertz CT molecular complexity index is 639. The Kier molecular flexibility index (Phi) is 4.20. The summed E-state index contributed by atoms with van der Waals surface area (Å²) in [7, 11) is -3.14. The maximum atomic E-state index is 12.4. The number of nitrogens with zero attached hydrogens (tertiary/aromatic N) is 2. The van der Waals surface area contributed by atoms with Crippen molar-refractivity contribution in [2.75, 3.05) is 37.7 Å². The van der Waals surface area contributed by atoms with Gasteiger partial charge in [0.15, 0.2) is 9.84 Å². The van der Waals surface area contributed by atoms with Crippen molar-refractivity contribution in [3.63, 3.8) is 0 Å². The summed E-state index contributed by atoms with van der Waals surface area (Å²) in [4.78, 5) is 16.1. The van der Waals surface area contributed by atoms with Crippen molar-refractivity contribution >= 4 is 15.7 Å². The van der Waals surface area contributed by atoms with Crippen LogP contribution in [0, 0.1) is 0 Å². The zero-order chi connectivity index (χ0) is 15.7. The number of aliphatic hydroxyl groups is 1. The van der Waals surface area contributed by atoms with Gasteiger partial charge in [-0.2, -0.15) is 0 Å². The highest BCUT2D eigenvalue weighted by atomic mass is 32.2. The average molecular weight is 324 g/mol. The minimum Gasteiger partial charge on any atom is -0.390 e. The monoisotopic (exact) mass is 324 g/mol. The van der Waals surface area contributed by atoms with Crippen LogP contribution in [0.15, 0.2) is 30.3 Å². The fourth-order valence-electron chi connectivity index (χ4n) is 3.18. The minimum atomic E-state index is -3.14. The van der Waals surface area contributed by atoms with Crippen LogP contribution in [0.5, 0.6) is 0 Å². The summed E-state index contributed by atoms with van der Waals surface area (Å²) in [6.45, 7) is 2.29. The summed E-state index contributed by atoms with van der Waals surface area (Å²) in [6, 6.07) is 8.80. The summed E-state index contributed by atoms with van der Waals surface area (Å²) in [6.07, 6.45) is -0.818. The molecule has 2 heterocycles. The van der Waals surface area contributed by atoms with Gasteiger partial charge in [0.05, 0.1) is 23.7 Å². The highest BCUT2D eigenvalue weighted by Gasteiger charge is 2.41. The van der Waals surface area contributed by atoms with Crippen LogP contribution in [0.1, 0.15) is 10.4 Å². The molecule has 0 aliphatic carbocycles. The van der Waals surface area contributed by atoms with Crippen LogP contribution in [0.2, 0.25) is 0 Å². The molecule has 1 amide bonds. The molecule has 2 aliphatic rings. The molecule has 2 saturated heterocycles. The number of rotatable bonds is 2. The van der Waals surface area contributed by atoms with Crippen LogP contribution in [0.4, 0.5) is 0 Å². The van der Waals surface area contributed by atoms with Gasteiger partial charge in [-0.15, -0.1) is 0 Å². The van der Waals surface area contributed by atoms with Gasteiger partial charge in [0.1, 0.15) is 0 Å². The molecule has 0 saturated carbocycles. The molecule has 2 atom stereocenters. The molecule has 0 bridgehead atoms. The quantitative estimate of drug-likeness (QED) is 0.801. The number of benzene rings is 1. The molecular weight excluding hydrogens is 304 g/mol. The first-order chi connectivity index (χ1) is 10.5. The van der Waals surface area contributed by atoms with Crippen LogP contribution < -0.4 is 0 Å². The minimum absolute atomic E-state index is 0.000146. The van der Waals surface area contributed by atoms with Gasteiger partial charge in [-0.3, -0.25) is 9.69 Å². The molecule has 6 nitrogen and oxygen atoms in total. The standard InChI is InChI=1S/C15H20N2O4S/c18-14-11-22(20,21)10-13(14)16-6-8-17(9-7-16)15(19)12-4-2-1-3-5-12/h1-5,13-14,18H,6-11H2/t13-,14-/m1/s1. The molecule has 7 heteroatoms. The van der Waals surface area contributed by atoms with Crippen LogP contribution in [-0.4, -0.2) is 79.1 Å². The molecule has 1 aromatic carbocycles. The maximum absolute atomic E-state index is 12.4. The van der Waals surface area contributed by atoms with Crippen molar-refractivity contribution in [3.05, 3.63) is 35.9 Å². The van der Waals surface area contributed by atoms with E-state index in [9.17, 15) is 18.3 Å². The first-order valence-corrected chi connectivity index (χ1v) is 9.25. The van der Waals surface area contributed by atoms with Gasteiger partial charge in [0.2, 0.25) is 0 Å². The number of hydrogen-bond donors (Lipinski definition) is 1. The summed E-state index contributed by atoms with van der Waals surface area (Å²) in [5.74, 6) is -0.137. The smallest absolute Gasteiger partial charge is 0.253 e. The van der Waals surface area contributed by atoms with E-state index in [0.717, 1.165) is 0 Å². The summed E-state index contributed by atoms with van der Waals surface area (Å²) in [5, 5.41) is 9.93. The molecule has 2 aliphatic heterocycles. The Balaban J connectivity index is 1.60. The molecule has 22 heavy (non-hydrogen) atoms. The number of aliphatic hydroxyl groups excluding tert-OH is 1. The van der Waals surface area contributed by atoms with Crippen molar-refractivity contribution in [2.24, 2.45) is 0 Å². The van der Waals surface area contributed by atoms with E-state index in [-0.39, 0.29) is 23.5 Å². The van der Waals surface area contributed by atoms with Gasteiger partial charge >= 0.3 is 0 Å². The first kappa shape index (κ1) is 15.5. The van der Waals surface area contributed by atoms with Crippen LogP contribution in [0.3, 0.4) is 0 Å². The second-order valence-corrected chi connectivity index (χ2v) is 8.06. The predicted molar refractivity (Wildman–Crippen MR) is 82.4 cm³/mol. The first-order valence-electron chi connectivity index (χ1n) is 7.43. The molecule has 120 valence electrons. The Hall–Kier alpha value is -1.44. The molecule has 3 rings (SSSR count). The van der Waals surface area contributed by atoms with Crippen molar-refractivity contribution < 1.29 is 18.3 Å². The Morgan fingerprint density at radius 2 is 1.68 bits per heavy atom. The second kappa shape index (κ2) is 5.98. The van der Waals surface area contributed by atoms with E-state index in [0.29, 0.717) is 31.7 Å². The summed E-state index contributed by atoms with van der Waals surface area (Å²) in [5.41, 5.74) is 0.666. The Labute approximate surface area is 130 Å². The van der Waals surface area contributed by atoms with Crippen molar-refractivity contribution in [2.45, 2.75) is 12.1 Å². The van der Waals surface area contributed by atoms with Crippen LogP contribution in [-0.2, 0) is 9.84 Å². The van der Waals surface area contributed by atoms with Crippen LogP contribution in [0.25, 0.3) is 0 Å². The fourth-order valence-corrected chi connectivity index (χ4v) is 5.01. The lowest BCUT2D eigenvalue weighted by Gasteiger charge is -2.38. The predicted octanol–water partition coefficient (Wildman–Crippen LogP) is -0.398. The van der Waals surface area contributed by atoms with E-state index in [1.54, 1.807) is 17.0 Å². The van der Waals surface area contributed by atoms with E-state index >= 15 is 0 Å². The Morgan fingerprint density at radius 1 is 1.05 bits per heavy atom. The highest BCUT2D eigenvalue weighted by Crippen LogP contribution is 2.20. The van der Waals surface area contributed by atoms with Gasteiger partial charge < -0.3 is 10.0 Å². The van der Waals surface area contributed by atoms with E-state index < -0.39 is 15.9 Å². The van der Waals surface area contributed by atoms with Crippen molar-refractivity contribution in [3.8, 4) is 0 Å². The largest absolute Gasteiger partial charge is 0.390 e. The average Bonchev–Trinajstić information content (AvgIpc) is 2.80. The topological polar surface area (TPSA) is 77.9 Å². The third kappa shape index (κ3) is 3.16. The third-order valence-corrected chi connectivity index (χ3v) is 6.08. The van der Waals surface area contributed by atoms with Crippen molar-refractivity contribution in [1.29, 1.82) is 0 Å². The Morgan fingerprint density at radius 3 is 2.23 bits per heavy atom. The number of carbonyl (C=O) groups is 1. The second-order valence-electron chi connectivity index (χ2n) is 5.91. The number of sulfone groups is 1. The lowest BCUT2D eigenvalue weighted by Crippen LogP contribution is -2.54. The molecular formula is C15H20N2O4S. The molecule has 0 aromatic heterocycles. The van der Waals surface area contributed by atoms with E-state index in [2.05, 4.69) is 0 Å². The summed E-state index contributed by atoms with van der Waals surface area (Å²) < 4.78 is 23.2. The van der Waals surface area contributed by atoms with Gasteiger partial charge in [0.25, 0.3) is 5.91 Å². The molecule has 0 radical (unpaired) electrons. The van der Waals surface area contributed by atoms with Gasteiger partial charge in [0, 0.05) is 31.7 Å². The highest BCUT2D eigenvalue weighted by molar-refractivity contribution is 7.91. The fraction of sp³-hybridized carbons (Fsp3) is 0.533. The molecule has 1 aromatic rings. The zero-order valence-electron chi connectivity index (χ0n) is 12.3. The number of carbonyl (C=O) groups excluding carboxylic acids is 1. The lowest BCUT2D eigenvalue weighted by atomic mass is 10.1. The lowest BCUT2D eigenvalue weighted by molar-refractivity contribution is 0.0376. The van der Waals surface area contributed by atoms with Crippen molar-refractivity contribution in [1.82, 2.24) is 9.80 Å². The molecule has 0 unspecified atom stereocenters. The zero-order valence-corrected chi connectivity index (χ0v) is 13.1. The molecule has 0 spiro atoms. The third-order valence-electron chi connectivity index (χ3n) is 4.38. The normalized spacial score (nSPS) is 28.7. The van der Waals surface area contributed by atoms with Gasteiger partial charge in [-0.05, 0) is 12.1 Å². The number of piperazine rings is 1. The van der Waals surface area contributed by atoms with E-state index in [4.69, 9.17) is 0 Å². The number of hydrogen-bond acceptors (Lipinski definition) is 5. The number of amides is 1. The van der Waals surface area contributed by atoms with Gasteiger partial charge in [-0.25, -0.2) is 8.42 Å². The van der Waals surface area contributed by atoms with E-state index in [1.165, 1.54) is 0 Å². The maximum Gasteiger partial charge on any atom is 0.253 e. The molecule has 1 N–H and O–H groups in total. The summed E-state index contributed by atoms with van der Waals surface area (Å²) >= 11 is 0.